The molecule has 4 N–H and O–H groups in total. The Balaban J connectivity index is 0.000000219. The molecule has 0 unspecified atom stereocenters. The summed E-state index contributed by atoms with van der Waals surface area (Å²) >= 11 is 0. The highest BCUT2D eigenvalue weighted by Gasteiger charge is 2.36. The summed E-state index contributed by atoms with van der Waals surface area (Å²) in [6, 6.07) is 5.01. The molecule has 5 nitrogen and oxygen atoms in total. The maximum Gasteiger partial charge on any atom is 0.179 e. The second-order valence-corrected chi connectivity index (χ2v) is 6.31. The topological polar surface area (TPSA) is 90.4 Å². The molecule has 24 heavy (non-hydrogen) atoms. The number of carbonyl (C=O) groups excluding carboxylic acids is 1. The van der Waals surface area contributed by atoms with Crippen molar-refractivity contribution in [1.82, 2.24) is 4.90 Å². The predicted octanol–water partition coefficient (Wildman–Crippen LogP) is 2.31. The van der Waals surface area contributed by atoms with Crippen molar-refractivity contribution >= 4 is 12.0 Å². The molecule has 0 radical (unpaired) electrons. The lowest BCUT2D eigenvalue weighted by molar-refractivity contribution is -0.116. The van der Waals surface area contributed by atoms with Gasteiger partial charge in [-0.25, -0.2) is 4.39 Å². The summed E-state index contributed by atoms with van der Waals surface area (Å²) in [5, 5.41) is 15.7. The van der Waals surface area contributed by atoms with Gasteiger partial charge in [0.2, 0.25) is 0 Å². The minimum absolute atomic E-state index is 0.0301. The molecule has 2 atom stereocenters. The van der Waals surface area contributed by atoms with Crippen molar-refractivity contribution in [1.29, 1.82) is 5.41 Å². The van der Waals surface area contributed by atoms with Gasteiger partial charge in [0, 0.05) is 25.5 Å². The first-order chi connectivity index (χ1) is 11.5. The second-order valence-electron chi connectivity index (χ2n) is 6.31. The number of nitrogens with two attached hydrogens (primary N) is 1. The first-order valence-electron chi connectivity index (χ1n) is 8.16. The van der Waals surface area contributed by atoms with Crippen LogP contribution < -0.4 is 5.73 Å². The van der Waals surface area contributed by atoms with Crippen molar-refractivity contribution in [2.75, 3.05) is 19.6 Å². The number of phenolic OH excluding ortho intramolecular Hbond substituents is 1. The number of halogens is 1. The molecule has 2 aliphatic rings. The predicted molar refractivity (Wildman–Crippen MR) is 91.4 cm³/mol. The fraction of sp³-hybridized carbons (Fsp3) is 0.444. The van der Waals surface area contributed by atoms with Gasteiger partial charge in [0.25, 0.3) is 0 Å². The number of nitrogens with one attached hydrogen (secondary N) is 1. The normalized spacial score (nSPS) is 23.3. The van der Waals surface area contributed by atoms with E-state index in [4.69, 9.17) is 16.2 Å². The number of hydrogen-bond donors (Lipinski definition) is 3. The van der Waals surface area contributed by atoms with Crippen molar-refractivity contribution in [3.05, 3.63) is 41.9 Å². The Morgan fingerprint density at radius 3 is 2.33 bits per heavy atom. The zero-order chi connectivity index (χ0) is 17.5. The Morgan fingerprint density at radius 1 is 1.29 bits per heavy atom. The maximum absolute atomic E-state index is 12.0. The largest absolute Gasteiger partial charge is 0.508 e. The van der Waals surface area contributed by atoms with E-state index in [1.54, 1.807) is 0 Å². The molecule has 0 bridgehead atoms. The molecule has 0 spiro atoms. The summed E-state index contributed by atoms with van der Waals surface area (Å²) in [5.74, 6) is 1.34. The van der Waals surface area contributed by atoms with Gasteiger partial charge in [-0.15, -0.1) is 0 Å². The quantitative estimate of drug-likeness (QED) is 0.582. The van der Waals surface area contributed by atoms with Crippen LogP contribution in [0.25, 0.3) is 0 Å². The number of Topliss-reactive ketones (excluding diaryl/α,β-unsaturated/α-hetero) is 1. The second kappa shape index (κ2) is 8.59. The molecule has 6 heteroatoms. The van der Waals surface area contributed by atoms with Crippen LogP contribution >= 0.6 is 0 Å². The van der Waals surface area contributed by atoms with E-state index in [2.05, 4.69) is 4.90 Å². The van der Waals surface area contributed by atoms with Crippen LogP contribution in [0.5, 0.6) is 5.75 Å². The molecule has 2 fully saturated rings. The highest BCUT2D eigenvalue weighted by Crippen LogP contribution is 2.37. The van der Waals surface area contributed by atoms with Crippen molar-refractivity contribution < 1.29 is 14.3 Å². The summed E-state index contributed by atoms with van der Waals surface area (Å²) in [7, 11) is 0. The number of rotatable bonds is 4. The van der Waals surface area contributed by atoms with Crippen LogP contribution in [0.4, 0.5) is 4.39 Å². The molecule has 1 saturated heterocycles. The number of ketones is 1. The molecule has 1 heterocycles. The fourth-order valence-corrected chi connectivity index (χ4v) is 3.42. The van der Waals surface area contributed by atoms with E-state index in [-0.39, 0.29) is 17.3 Å². The lowest BCUT2D eigenvalue weighted by Crippen LogP contribution is -2.29. The molecule has 1 aromatic carbocycles. The number of likely N-dealkylation sites (tertiary alicyclic amines) is 1. The van der Waals surface area contributed by atoms with E-state index in [1.165, 1.54) is 49.7 Å². The van der Waals surface area contributed by atoms with Gasteiger partial charge >= 0.3 is 0 Å². The fourth-order valence-electron chi connectivity index (χ4n) is 3.42. The molecular weight excluding hydrogens is 309 g/mol. The van der Waals surface area contributed by atoms with Gasteiger partial charge in [-0.1, -0.05) is 6.42 Å². The average molecular weight is 333 g/mol. The Hall–Kier alpha value is -2.21. The smallest absolute Gasteiger partial charge is 0.179 e. The Kier molecular flexibility index (Phi) is 6.49. The molecule has 130 valence electrons. The van der Waals surface area contributed by atoms with E-state index in [0.29, 0.717) is 12.1 Å². The van der Waals surface area contributed by atoms with Crippen LogP contribution in [0, 0.1) is 23.1 Å². The molecule has 0 amide bonds. The molecular formula is C18H24FN3O2. The van der Waals surface area contributed by atoms with Gasteiger partial charge in [0.1, 0.15) is 11.6 Å². The first-order valence-corrected chi connectivity index (χ1v) is 8.16. The van der Waals surface area contributed by atoms with Crippen molar-refractivity contribution in [2.45, 2.75) is 19.3 Å². The zero-order valence-electron chi connectivity index (χ0n) is 13.6. The summed E-state index contributed by atoms with van der Waals surface area (Å²) < 4.78 is 12.0. The summed E-state index contributed by atoms with van der Waals surface area (Å²) in [4.78, 5) is 14.0. The van der Waals surface area contributed by atoms with Crippen LogP contribution in [-0.4, -0.2) is 41.6 Å². The summed E-state index contributed by atoms with van der Waals surface area (Å²) in [5.41, 5.74) is 5.61. The molecule has 0 aromatic heterocycles. The van der Waals surface area contributed by atoms with Gasteiger partial charge in [0.05, 0.1) is 12.1 Å². The van der Waals surface area contributed by atoms with E-state index in [0.717, 1.165) is 31.1 Å². The lowest BCUT2D eigenvalue weighted by Gasteiger charge is -2.15. The van der Waals surface area contributed by atoms with E-state index < -0.39 is 0 Å². The molecule has 1 aromatic rings. The first kappa shape index (κ1) is 18.1. The number of phenols is 1. The Morgan fingerprint density at radius 2 is 1.88 bits per heavy atom. The van der Waals surface area contributed by atoms with Gasteiger partial charge in [0.15, 0.2) is 5.78 Å². The van der Waals surface area contributed by atoms with Crippen LogP contribution in [0.3, 0.4) is 0 Å². The Labute approximate surface area is 141 Å². The van der Waals surface area contributed by atoms with E-state index >= 15 is 0 Å². The van der Waals surface area contributed by atoms with Crippen LogP contribution in [-0.2, 0) is 4.79 Å². The molecule has 1 aliphatic heterocycles. The number of nitrogens with zero attached hydrogens (tertiary/aromatic N) is 1. The van der Waals surface area contributed by atoms with E-state index in [1.807, 2.05) is 0 Å². The standard InChI is InChI=1S/C12H19N3O.C6H5FO/c13-4-11(5-14)12(16)8-15-6-9-2-1-3-10(9)7-15;7-5-1-3-6(8)4-2-5/h4-5,9-10,13H,1-3,6-8,14H2;1-4,8H/b11-5+,13-4?;/t9-,10+;. The minimum Gasteiger partial charge on any atom is -0.508 e. The summed E-state index contributed by atoms with van der Waals surface area (Å²) in [6.07, 6.45) is 6.26. The van der Waals surface area contributed by atoms with Crippen molar-refractivity contribution in [2.24, 2.45) is 17.6 Å². The monoisotopic (exact) mass is 333 g/mol. The Bertz CT molecular complexity index is 568. The van der Waals surface area contributed by atoms with Gasteiger partial charge in [-0.2, -0.15) is 0 Å². The van der Waals surface area contributed by atoms with E-state index in [9.17, 15) is 9.18 Å². The van der Waals surface area contributed by atoms with Crippen molar-refractivity contribution in [3.8, 4) is 5.75 Å². The summed E-state index contributed by atoms with van der Waals surface area (Å²) in [6.45, 7) is 2.52. The lowest BCUT2D eigenvalue weighted by atomic mass is 10.0. The number of fused-ring (bicyclic) bond motifs is 1. The number of hydrogen-bond acceptors (Lipinski definition) is 5. The van der Waals surface area contributed by atoms with Crippen molar-refractivity contribution in [3.63, 3.8) is 0 Å². The highest BCUT2D eigenvalue weighted by molar-refractivity contribution is 6.13. The van der Waals surface area contributed by atoms with Gasteiger partial charge < -0.3 is 16.2 Å². The number of carbonyl (C=O) groups is 1. The third kappa shape index (κ3) is 4.89. The third-order valence-corrected chi connectivity index (χ3v) is 4.65. The zero-order valence-corrected chi connectivity index (χ0v) is 13.6. The molecule has 1 saturated carbocycles. The third-order valence-electron chi connectivity index (χ3n) is 4.65. The van der Waals surface area contributed by atoms with Crippen LogP contribution in [0.2, 0.25) is 0 Å². The maximum atomic E-state index is 12.0. The SMILES string of the molecule is N=C/C(=C\N)C(=O)CN1C[C@H]2CCC[C@H]2C1.Oc1ccc(F)cc1. The van der Waals surface area contributed by atoms with Gasteiger partial charge in [-0.05, 0) is 48.9 Å². The average Bonchev–Trinajstić information content (AvgIpc) is 3.13. The number of benzene rings is 1. The van der Waals surface area contributed by atoms with Crippen LogP contribution in [0.1, 0.15) is 19.3 Å². The van der Waals surface area contributed by atoms with Crippen LogP contribution in [0.15, 0.2) is 36.0 Å². The molecule has 3 rings (SSSR count). The number of aromatic hydroxyl groups is 1. The minimum atomic E-state index is -0.331. The van der Waals surface area contributed by atoms with Gasteiger partial charge in [-0.3, -0.25) is 9.69 Å². The highest BCUT2D eigenvalue weighted by atomic mass is 19.1. The molecule has 1 aliphatic carbocycles.